The van der Waals surface area contributed by atoms with Gasteiger partial charge in [0, 0.05) is 5.56 Å². The molecular formula is C17H20O2. The van der Waals surface area contributed by atoms with Crippen molar-refractivity contribution in [3.8, 4) is 16.9 Å². The molecule has 0 saturated carbocycles. The summed E-state index contributed by atoms with van der Waals surface area (Å²) in [6, 6.07) is 14.4. The van der Waals surface area contributed by atoms with Gasteiger partial charge < -0.3 is 9.84 Å². The normalized spacial score (nSPS) is 10.8. The molecule has 0 bridgehead atoms. The Hall–Kier alpha value is -1.80. The standard InChI is InChI=1S/C17H20O2/c1-12(2)13-5-4-6-14(9-13)15-7-8-16(11-18)17(10-15)19-3/h4-10,12,18H,11H2,1-3H3. The Kier molecular flexibility index (Phi) is 4.23. The van der Waals surface area contributed by atoms with Crippen LogP contribution in [-0.4, -0.2) is 12.2 Å². The molecule has 0 spiro atoms. The SMILES string of the molecule is COc1cc(-c2cccc(C(C)C)c2)ccc1CO. The Labute approximate surface area is 114 Å². The lowest BCUT2D eigenvalue weighted by molar-refractivity contribution is 0.274. The van der Waals surface area contributed by atoms with E-state index >= 15 is 0 Å². The Bertz CT molecular complexity index is 559. The van der Waals surface area contributed by atoms with Crippen LogP contribution in [0.5, 0.6) is 5.75 Å². The third-order valence-electron chi connectivity index (χ3n) is 3.34. The molecule has 0 radical (unpaired) electrons. The highest BCUT2D eigenvalue weighted by Crippen LogP contribution is 2.29. The maximum atomic E-state index is 9.25. The van der Waals surface area contributed by atoms with Crippen LogP contribution in [0.1, 0.15) is 30.9 Å². The Morgan fingerprint density at radius 1 is 1.05 bits per heavy atom. The number of aliphatic hydroxyl groups excluding tert-OH is 1. The third-order valence-corrected chi connectivity index (χ3v) is 3.34. The zero-order valence-electron chi connectivity index (χ0n) is 11.7. The summed E-state index contributed by atoms with van der Waals surface area (Å²) in [5.74, 6) is 1.24. The second kappa shape index (κ2) is 5.89. The van der Waals surface area contributed by atoms with E-state index in [1.54, 1.807) is 7.11 Å². The van der Waals surface area contributed by atoms with E-state index in [1.807, 2.05) is 18.2 Å². The van der Waals surface area contributed by atoms with E-state index in [-0.39, 0.29) is 6.61 Å². The van der Waals surface area contributed by atoms with Gasteiger partial charge in [0.05, 0.1) is 13.7 Å². The van der Waals surface area contributed by atoms with Crippen molar-refractivity contribution in [2.75, 3.05) is 7.11 Å². The van der Waals surface area contributed by atoms with E-state index in [4.69, 9.17) is 4.74 Å². The topological polar surface area (TPSA) is 29.5 Å². The third kappa shape index (κ3) is 2.96. The first-order valence-electron chi connectivity index (χ1n) is 6.53. The van der Waals surface area contributed by atoms with Crippen molar-refractivity contribution in [1.29, 1.82) is 0 Å². The number of rotatable bonds is 4. The van der Waals surface area contributed by atoms with Crippen molar-refractivity contribution in [2.24, 2.45) is 0 Å². The summed E-state index contributed by atoms with van der Waals surface area (Å²) in [5.41, 5.74) is 4.42. The lowest BCUT2D eigenvalue weighted by Crippen LogP contribution is -1.93. The van der Waals surface area contributed by atoms with Gasteiger partial charge in [0.25, 0.3) is 0 Å². The molecule has 1 N–H and O–H groups in total. The first-order chi connectivity index (χ1) is 9.15. The number of aliphatic hydroxyl groups is 1. The zero-order valence-corrected chi connectivity index (χ0v) is 11.7. The molecule has 0 unspecified atom stereocenters. The number of ether oxygens (including phenoxy) is 1. The number of methoxy groups -OCH3 is 1. The predicted octanol–water partition coefficient (Wildman–Crippen LogP) is 3.98. The molecule has 100 valence electrons. The Morgan fingerprint density at radius 3 is 2.42 bits per heavy atom. The van der Waals surface area contributed by atoms with E-state index < -0.39 is 0 Å². The fourth-order valence-corrected chi connectivity index (χ4v) is 2.13. The van der Waals surface area contributed by atoms with Gasteiger partial charge >= 0.3 is 0 Å². The number of hydrogen-bond donors (Lipinski definition) is 1. The molecule has 0 saturated heterocycles. The molecule has 0 heterocycles. The lowest BCUT2D eigenvalue weighted by atomic mass is 9.97. The molecule has 19 heavy (non-hydrogen) atoms. The smallest absolute Gasteiger partial charge is 0.124 e. The predicted molar refractivity (Wildman–Crippen MR) is 78.4 cm³/mol. The Balaban J connectivity index is 2.44. The molecule has 2 aromatic carbocycles. The second-order valence-corrected chi connectivity index (χ2v) is 4.96. The van der Waals surface area contributed by atoms with Gasteiger partial charge in [-0.15, -0.1) is 0 Å². The summed E-state index contributed by atoms with van der Waals surface area (Å²) in [7, 11) is 1.63. The van der Waals surface area contributed by atoms with E-state index in [9.17, 15) is 5.11 Å². The van der Waals surface area contributed by atoms with Crippen LogP contribution in [0.4, 0.5) is 0 Å². The molecular weight excluding hydrogens is 236 g/mol. The molecule has 0 amide bonds. The summed E-state index contributed by atoms with van der Waals surface area (Å²) < 4.78 is 5.32. The first-order valence-corrected chi connectivity index (χ1v) is 6.53. The van der Waals surface area contributed by atoms with Crippen LogP contribution >= 0.6 is 0 Å². The van der Waals surface area contributed by atoms with Crippen LogP contribution in [0.15, 0.2) is 42.5 Å². The molecule has 0 aromatic heterocycles. The van der Waals surface area contributed by atoms with Crippen LogP contribution in [0.25, 0.3) is 11.1 Å². The van der Waals surface area contributed by atoms with E-state index in [0.717, 1.165) is 16.9 Å². The van der Waals surface area contributed by atoms with Gasteiger partial charge in [0.1, 0.15) is 5.75 Å². The van der Waals surface area contributed by atoms with Crippen LogP contribution in [-0.2, 0) is 6.61 Å². The summed E-state index contributed by atoms with van der Waals surface area (Å²) in [6.07, 6.45) is 0. The summed E-state index contributed by atoms with van der Waals surface area (Å²) in [4.78, 5) is 0. The van der Waals surface area contributed by atoms with Crippen molar-refractivity contribution in [1.82, 2.24) is 0 Å². The van der Waals surface area contributed by atoms with E-state index in [0.29, 0.717) is 5.92 Å². The van der Waals surface area contributed by atoms with Gasteiger partial charge in [-0.25, -0.2) is 0 Å². The summed E-state index contributed by atoms with van der Waals surface area (Å²) >= 11 is 0. The summed E-state index contributed by atoms with van der Waals surface area (Å²) in [5, 5.41) is 9.25. The molecule has 0 aliphatic rings. The average Bonchev–Trinajstić information content (AvgIpc) is 2.46. The van der Waals surface area contributed by atoms with Gasteiger partial charge in [-0.3, -0.25) is 0 Å². The average molecular weight is 256 g/mol. The number of benzene rings is 2. The van der Waals surface area contributed by atoms with E-state index in [2.05, 4.69) is 38.1 Å². The lowest BCUT2D eigenvalue weighted by Gasteiger charge is -2.11. The maximum absolute atomic E-state index is 9.25. The van der Waals surface area contributed by atoms with Crippen molar-refractivity contribution in [2.45, 2.75) is 26.4 Å². The largest absolute Gasteiger partial charge is 0.496 e. The van der Waals surface area contributed by atoms with Crippen LogP contribution < -0.4 is 4.74 Å². The molecule has 2 heteroatoms. The quantitative estimate of drug-likeness (QED) is 0.896. The molecule has 0 aliphatic heterocycles. The minimum atomic E-state index is -0.00448. The highest BCUT2D eigenvalue weighted by Gasteiger charge is 2.06. The molecule has 0 fully saturated rings. The van der Waals surface area contributed by atoms with Crippen molar-refractivity contribution >= 4 is 0 Å². The van der Waals surface area contributed by atoms with Crippen molar-refractivity contribution in [3.05, 3.63) is 53.6 Å². The highest BCUT2D eigenvalue weighted by molar-refractivity contribution is 5.67. The molecule has 0 atom stereocenters. The summed E-state index contributed by atoms with van der Waals surface area (Å²) in [6.45, 7) is 4.37. The molecule has 2 rings (SSSR count). The maximum Gasteiger partial charge on any atom is 0.124 e. The van der Waals surface area contributed by atoms with Crippen molar-refractivity contribution in [3.63, 3.8) is 0 Å². The Morgan fingerprint density at radius 2 is 1.79 bits per heavy atom. The molecule has 2 nitrogen and oxygen atoms in total. The molecule has 2 aromatic rings. The van der Waals surface area contributed by atoms with Gasteiger partial charge in [-0.1, -0.05) is 50.2 Å². The van der Waals surface area contributed by atoms with Gasteiger partial charge in [0.15, 0.2) is 0 Å². The highest BCUT2D eigenvalue weighted by atomic mass is 16.5. The molecule has 0 aliphatic carbocycles. The fourth-order valence-electron chi connectivity index (χ4n) is 2.13. The van der Waals surface area contributed by atoms with Crippen LogP contribution in [0, 0.1) is 0 Å². The zero-order chi connectivity index (χ0) is 13.8. The van der Waals surface area contributed by atoms with Gasteiger partial charge in [-0.2, -0.15) is 0 Å². The number of hydrogen-bond acceptors (Lipinski definition) is 2. The van der Waals surface area contributed by atoms with Crippen LogP contribution in [0.3, 0.4) is 0 Å². The monoisotopic (exact) mass is 256 g/mol. The van der Waals surface area contributed by atoms with Crippen LogP contribution in [0.2, 0.25) is 0 Å². The fraction of sp³-hybridized carbons (Fsp3) is 0.294. The minimum absolute atomic E-state index is 0.00448. The van der Waals surface area contributed by atoms with Crippen molar-refractivity contribution < 1.29 is 9.84 Å². The first kappa shape index (κ1) is 13.6. The minimum Gasteiger partial charge on any atom is -0.496 e. The second-order valence-electron chi connectivity index (χ2n) is 4.96. The van der Waals surface area contributed by atoms with E-state index in [1.165, 1.54) is 11.1 Å². The van der Waals surface area contributed by atoms with Gasteiger partial charge in [-0.05, 0) is 28.7 Å². The van der Waals surface area contributed by atoms with Gasteiger partial charge in [0.2, 0.25) is 0 Å².